The van der Waals surface area contributed by atoms with Crippen LogP contribution in [0, 0.1) is 5.92 Å². The molecule has 0 radical (unpaired) electrons. The van der Waals surface area contributed by atoms with E-state index >= 15 is 0 Å². The summed E-state index contributed by atoms with van der Waals surface area (Å²) in [6.07, 6.45) is 3.92. The van der Waals surface area contributed by atoms with Gasteiger partial charge in [-0.25, -0.2) is 4.98 Å². The summed E-state index contributed by atoms with van der Waals surface area (Å²) in [6, 6.07) is 0.487. The Morgan fingerprint density at radius 1 is 1.59 bits per heavy atom. The highest BCUT2D eigenvalue weighted by atomic mass is 16.3. The molecule has 0 aromatic carbocycles. The van der Waals surface area contributed by atoms with E-state index in [1.165, 1.54) is 12.1 Å². The number of fused-ring (bicyclic) bond motifs is 1. The fourth-order valence-corrected chi connectivity index (χ4v) is 3.11. The van der Waals surface area contributed by atoms with Gasteiger partial charge in [0.15, 0.2) is 0 Å². The number of rotatable bonds is 2. The molecule has 94 valence electrons. The smallest absolute Gasteiger partial charge is 0.0949 e. The maximum atomic E-state index is 9.37. The van der Waals surface area contributed by atoms with Crippen molar-refractivity contribution in [2.75, 3.05) is 19.7 Å². The van der Waals surface area contributed by atoms with Crippen molar-refractivity contribution in [1.82, 2.24) is 20.2 Å². The van der Waals surface area contributed by atoms with E-state index in [0.29, 0.717) is 12.0 Å². The lowest BCUT2D eigenvalue weighted by Gasteiger charge is -2.34. The minimum Gasteiger partial charge on any atom is -0.395 e. The number of hydrogen-bond donors (Lipinski definition) is 3. The van der Waals surface area contributed by atoms with Crippen molar-refractivity contribution in [2.45, 2.75) is 24.9 Å². The third-order valence-corrected chi connectivity index (χ3v) is 4.00. The van der Waals surface area contributed by atoms with E-state index in [-0.39, 0.29) is 12.6 Å². The molecule has 0 bridgehead atoms. The van der Waals surface area contributed by atoms with Crippen LogP contribution in [0.4, 0.5) is 0 Å². The van der Waals surface area contributed by atoms with Gasteiger partial charge >= 0.3 is 0 Å². The number of hydrogen-bond acceptors (Lipinski definition) is 4. The fourth-order valence-electron chi connectivity index (χ4n) is 3.11. The van der Waals surface area contributed by atoms with Crippen LogP contribution in [0.1, 0.15) is 23.9 Å². The van der Waals surface area contributed by atoms with Gasteiger partial charge < -0.3 is 20.3 Å². The minimum atomic E-state index is 0.156. The maximum absolute atomic E-state index is 9.37. The third-order valence-electron chi connectivity index (χ3n) is 4.00. The SMILES string of the molecule is Cn1cnc2c1C(C1CCNC1)NC(CO)C2. The molecule has 5 nitrogen and oxygen atoms in total. The molecule has 0 aliphatic carbocycles. The van der Waals surface area contributed by atoms with Crippen LogP contribution < -0.4 is 10.6 Å². The predicted octanol–water partition coefficient (Wildman–Crippen LogP) is -0.423. The van der Waals surface area contributed by atoms with Crippen molar-refractivity contribution in [1.29, 1.82) is 0 Å². The Labute approximate surface area is 101 Å². The summed E-state index contributed by atoms with van der Waals surface area (Å²) in [5.74, 6) is 0.610. The zero-order valence-corrected chi connectivity index (χ0v) is 10.2. The molecule has 3 unspecified atom stereocenters. The first-order chi connectivity index (χ1) is 8.29. The Morgan fingerprint density at radius 3 is 3.18 bits per heavy atom. The van der Waals surface area contributed by atoms with E-state index in [0.717, 1.165) is 25.2 Å². The fraction of sp³-hybridized carbons (Fsp3) is 0.750. The van der Waals surface area contributed by atoms with Gasteiger partial charge in [0.05, 0.1) is 30.4 Å². The number of aliphatic hydroxyl groups excluding tert-OH is 1. The van der Waals surface area contributed by atoms with Gasteiger partial charge in [0.1, 0.15) is 0 Å². The van der Waals surface area contributed by atoms with Gasteiger partial charge in [-0.3, -0.25) is 0 Å². The van der Waals surface area contributed by atoms with Gasteiger partial charge in [0.25, 0.3) is 0 Å². The zero-order valence-electron chi connectivity index (χ0n) is 10.2. The second-order valence-corrected chi connectivity index (χ2v) is 5.17. The van der Waals surface area contributed by atoms with Gasteiger partial charge in [0, 0.05) is 19.5 Å². The Kier molecular flexibility index (Phi) is 2.90. The maximum Gasteiger partial charge on any atom is 0.0949 e. The Balaban J connectivity index is 1.93. The molecule has 3 N–H and O–H groups in total. The van der Waals surface area contributed by atoms with Crippen molar-refractivity contribution in [3.63, 3.8) is 0 Å². The molecule has 0 saturated carbocycles. The molecule has 1 fully saturated rings. The Morgan fingerprint density at radius 2 is 2.47 bits per heavy atom. The molecule has 0 amide bonds. The number of aryl methyl sites for hydroxylation is 1. The van der Waals surface area contributed by atoms with Crippen molar-refractivity contribution < 1.29 is 5.11 Å². The van der Waals surface area contributed by atoms with Crippen molar-refractivity contribution >= 4 is 0 Å². The van der Waals surface area contributed by atoms with Crippen LogP contribution in [0.2, 0.25) is 0 Å². The van der Waals surface area contributed by atoms with E-state index in [2.05, 4.69) is 27.2 Å². The van der Waals surface area contributed by atoms with E-state index < -0.39 is 0 Å². The predicted molar refractivity (Wildman–Crippen MR) is 64.6 cm³/mol. The number of imidazole rings is 1. The summed E-state index contributed by atoms with van der Waals surface area (Å²) >= 11 is 0. The molecular formula is C12H20N4O. The molecule has 17 heavy (non-hydrogen) atoms. The van der Waals surface area contributed by atoms with E-state index in [1.807, 2.05) is 6.33 Å². The molecule has 0 spiro atoms. The quantitative estimate of drug-likeness (QED) is 0.652. The van der Waals surface area contributed by atoms with Gasteiger partial charge in [0.2, 0.25) is 0 Å². The molecule has 1 aromatic rings. The summed E-state index contributed by atoms with van der Waals surface area (Å²) in [7, 11) is 2.06. The number of nitrogens with zero attached hydrogens (tertiary/aromatic N) is 2. The largest absolute Gasteiger partial charge is 0.395 e. The average Bonchev–Trinajstić information content (AvgIpc) is 2.98. The zero-order chi connectivity index (χ0) is 11.8. The van der Waals surface area contributed by atoms with Crippen LogP contribution in [0.3, 0.4) is 0 Å². The van der Waals surface area contributed by atoms with Crippen LogP contribution in [0.5, 0.6) is 0 Å². The van der Waals surface area contributed by atoms with Crippen LogP contribution >= 0.6 is 0 Å². The first-order valence-electron chi connectivity index (χ1n) is 6.37. The third kappa shape index (κ3) is 1.88. The normalized spacial score (nSPS) is 32.7. The van der Waals surface area contributed by atoms with Crippen LogP contribution in [-0.2, 0) is 13.5 Å². The number of aromatic nitrogens is 2. The molecular weight excluding hydrogens is 216 g/mol. The first-order valence-corrected chi connectivity index (χ1v) is 6.37. The molecule has 2 aliphatic rings. The number of aliphatic hydroxyl groups is 1. The highest BCUT2D eigenvalue weighted by Crippen LogP contribution is 2.32. The standard InChI is InChI=1S/C12H20N4O/c1-16-7-14-10-4-9(6-17)15-11(12(10)16)8-2-3-13-5-8/h7-9,11,13,15,17H,2-6H2,1H3. The highest BCUT2D eigenvalue weighted by Gasteiger charge is 2.35. The molecule has 3 atom stereocenters. The monoisotopic (exact) mass is 236 g/mol. The highest BCUT2D eigenvalue weighted by molar-refractivity contribution is 5.23. The second kappa shape index (κ2) is 4.40. The summed E-state index contributed by atoms with van der Waals surface area (Å²) in [6.45, 7) is 2.34. The summed E-state index contributed by atoms with van der Waals surface area (Å²) < 4.78 is 2.12. The topological polar surface area (TPSA) is 62.1 Å². The van der Waals surface area contributed by atoms with E-state index in [1.54, 1.807) is 0 Å². The van der Waals surface area contributed by atoms with Crippen LogP contribution in [-0.4, -0.2) is 40.4 Å². The van der Waals surface area contributed by atoms with E-state index in [9.17, 15) is 5.11 Å². The second-order valence-electron chi connectivity index (χ2n) is 5.17. The van der Waals surface area contributed by atoms with Crippen molar-refractivity contribution in [2.24, 2.45) is 13.0 Å². The summed E-state index contributed by atoms with van der Waals surface area (Å²) in [5.41, 5.74) is 2.46. The van der Waals surface area contributed by atoms with Crippen molar-refractivity contribution in [3.8, 4) is 0 Å². The van der Waals surface area contributed by atoms with Gasteiger partial charge in [-0.1, -0.05) is 0 Å². The molecule has 1 saturated heterocycles. The van der Waals surface area contributed by atoms with Crippen LogP contribution in [0.25, 0.3) is 0 Å². The minimum absolute atomic E-state index is 0.156. The molecule has 3 rings (SSSR count). The molecule has 3 heterocycles. The number of nitrogens with one attached hydrogen (secondary N) is 2. The van der Waals surface area contributed by atoms with Crippen LogP contribution in [0.15, 0.2) is 6.33 Å². The summed E-state index contributed by atoms with van der Waals surface area (Å²) in [4.78, 5) is 4.47. The lowest BCUT2D eigenvalue weighted by atomic mass is 9.89. The van der Waals surface area contributed by atoms with Gasteiger partial charge in [-0.2, -0.15) is 0 Å². The molecule has 5 heteroatoms. The van der Waals surface area contributed by atoms with E-state index in [4.69, 9.17) is 0 Å². The Hall–Kier alpha value is -0.910. The summed E-state index contributed by atoms with van der Waals surface area (Å²) in [5, 5.41) is 16.4. The molecule has 1 aromatic heterocycles. The first kappa shape index (κ1) is 11.2. The lowest BCUT2D eigenvalue weighted by Crippen LogP contribution is -2.45. The van der Waals surface area contributed by atoms with Crippen molar-refractivity contribution in [3.05, 3.63) is 17.7 Å². The lowest BCUT2D eigenvalue weighted by molar-refractivity contribution is 0.202. The average molecular weight is 236 g/mol. The van der Waals surface area contributed by atoms with Gasteiger partial charge in [-0.15, -0.1) is 0 Å². The Bertz CT molecular complexity index is 397. The molecule has 2 aliphatic heterocycles. The van der Waals surface area contributed by atoms with Gasteiger partial charge in [-0.05, 0) is 25.4 Å².